The molecule has 6 saturated carbocycles. The van der Waals surface area contributed by atoms with Gasteiger partial charge in [-0.2, -0.15) is 0 Å². The lowest BCUT2D eigenvalue weighted by molar-refractivity contribution is -0.0232. The Balaban J connectivity index is 0.000000175. The normalized spacial score (nSPS) is 30.6. The largest absolute Gasteiger partial charge is 0.0654 e. The highest BCUT2D eigenvalue weighted by atomic mass is 14.5. The number of benzene rings is 1. The molecule has 7 aliphatic carbocycles. The summed E-state index contributed by atoms with van der Waals surface area (Å²) in [5, 5.41) is 0. The molecule has 0 aliphatic heterocycles. The third-order valence-electron chi connectivity index (χ3n) is 20.7. The minimum atomic E-state index is 0.553. The smallest absolute Gasteiger partial charge is 0.0165 e. The third-order valence-corrected chi connectivity index (χ3v) is 20.7. The molecule has 1 aromatic carbocycles. The van der Waals surface area contributed by atoms with Crippen LogP contribution in [0.4, 0.5) is 0 Å². The van der Waals surface area contributed by atoms with E-state index in [-0.39, 0.29) is 0 Å². The Morgan fingerprint density at radius 1 is 0.403 bits per heavy atom. The monoisotopic (exact) mass is 857 g/mol. The lowest BCUT2D eigenvalue weighted by Gasteiger charge is -2.53. The van der Waals surface area contributed by atoms with Crippen molar-refractivity contribution in [3.05, 3.63) is 35.4 Å². The number of fused-ring (bicyclic) bond motifs is 1. The zero-order chi connectivity index (χ0) is 44.9. The van der Waals surface area contributed by atoms with E-state index in [4.69, 9.17) is 0 Å². The summed E-state index contributed by atoms with van der Waals surface area (Å²) in [6, 6.07) is 9.15. The molecule has 1 aromatic rings. The van der Waals surface area contributed by atoms with E-state index in [1.165, 1.54) is 231 Å². The molecule has 0 amide bonds. The summed E-state index contributed by atoms with van der Waals surface area (Å²) in [4.78, 5) is 0. The molecule has 0 radical (unpaired) electrons. The SMILES string of the molecule is CCC1(C2(C)CCCCC2)CCCCC1.CCC1(C2(C)CCCCC2)Cc2ccccc2C1.CCC1CCCC1CC.CCC1CCCCC1CC.CCCC1CCCCC1C. The number of rotatable bonds is 10. The fourth-order valence-electron chi connectivity index (χ4n) is 15.9. The van der Waals surface area contributed by atoms with E-state index in [9.17, 15) is 0 Å². The lowest BCUT2D eigenvalue weighted by Crippen LogP contribution is -2.42. The molecular formula is C62H112. The van der Waals surface area contributed by atoms with E-state index >= 15 is 0 Å². The summed E-state index contributed by atoms with van der Waals surface area (Å²) in [5.74, 6) is 6.38. The van der Waals surface area contributed by atoms with Gasteiger partial charge in [0, 0.05) is 0 Å². The van der Waals surface area contributed by atoms with Crippen molar-refractivity contribution < 1.29 is 0 Å². The fraction of sp³-hybridized carbons (Fsp3) is 0.903. The van der Waals surface area contributed by atoms with Gasteiger partial charge in [0.05, 0.1) is 0 Å². The number of hydrogen-bond donors (Lipinski definition) is 0. The molecular weight excluding hydrogens is 745 g/mol. The van der Waals surface area contributed by atoms with Crippen molar-refractivity contribution in [3.8, 4) is 0 Å². The van der Waals surface area contributed by atoms with Crippen LogP contribution in [-0.2, 0) is 12.8 Å². The first kappa shape index (κ1) is 53.8. The fourth-order valence-corrected chi connectivity index (χ4v) is 15.9. The molecule has 0 bridgehead atoms. The Bertz CT molecular complexity index is 1230. The molecule has 62 heavy (non-hydrogen) atoms. The van der Waals surface area contributed by atoms with Gasteiger partial charge in [-0.15, -0.1) is 0 Å². The van der Waals surface area contributed by atoms with Crippen molar-refractivity contribution in [2.24, 2.45) is 57.2 Å². The van der Waals surface area contributed by atoms with Crippen LogP contribution in [0, 0.1) is 57.2 Å². The lowest BCUT2D eigenvalue weighted by atomic mass is 9.52. The number of hydrogen-bond acceptors (Lipinski definition) is 0. The average molecular weight is 858 g/mol. The Labute approximate surface area is 391 Å². The van der Waals surface area contributed by atoms with E-state index in [0.29, 0.717) is 16.2 Å². The first-order valence-corrected chi connectivity index (χ1v) is 29.1. The Morgan fingerprint density at radius 3 is 1.13 bits per heavy atom. The molecule has 6 fully saturated rings. The van der Waals surface area contributed by atoms with Crippen LogP contribution >= 0.6 is 0 Å². The van der Waals surface area contributed by atoms with Crippen LogP contribution in [0.3, 0.4) is 0 Å². The maximum Gasteiger partial charge on any atom is -0.0165 e. The summed E-state index contributed by atoms with van der Waals surface area (Å²) in [5.41, 5.74) is 5.82. The van der Waals surface area contributed by atoms with Crippen LogP contribution < -0.4 is 0 Å². The van der Waals surface area contributed by atoms with Gasteiger partial charge in [-0.1, -0.05) is 260 Å². The van der Waals surface area contributed by atoms with Gasteiger partial charge in [0.15, 0.2) is 0 Å². The third kappa shape index (κ3) is 14.6. The highest BCUT2D eigenvalue weighted by Gasteiger charge is 2.50. The molecule has 0 nitrogen and oxygen atoms in total. The topological polar surface area (TPSA) is 0 Å². The van der Waals surface area contributed by atoms with Gasteiger partial charge in [0.25, 0.3) is 0 Å². The van der Waals surface area contributed by atoms with Gasteiger partial charge in [-0.3, -0.25) is 0 Å². The van der Waals surface area contributed by atoms with Crippen LogP contribution in [0.1, 0.15) is 299 Å². The molecule has 0 N–H and O–H groups in total. The minimum absolute atomic E-state index is 0.553. The van der Waals surface area contributed by atoms with Crippen LogP contribution in [0.2, 0.25) is 0 Å². The quantitative estimate of drug-likeness (QED) is 0.220. The van der Waals surface area contributed by atoms with Gasteiger partial charge in [-0.05, 0) is 133 Å². The van der Waals surface area contributed by atoms with Crippen molar-refractivity contribution in [3.63, 3.8) is 0 Å². The van der Waals surface area contributed by atoms with Gasteiger partial charge in [-0.25, -0.2) is 0 Å². The predicted octanol–water partition coefficient (Wildman–Crippen LogP) is 20.9. The molecule has 6 unspecified atom stereocenters. The second-order valence-corrected chi connectivity index (χ2v) is 23.9. The molecule has 7 aliphatic rings. The van der Waals surface area contributed by atoms with Gasteiger partial charge < -0.3 is 0 Å². The maximum atomic E-state index is 2.61. The Kier molecular flexibility index (Phi) is 24.1. The molecule has 360 valence electrons. The molecule has 0 heteroatoms. The van der Waals surface area contributed by atoms with Gasteiger partial charge >= 0.3 is 0 Å². The Morgan fingerprint density at radius 2 is 0.758 bits per heavy atom. The van der Waals surface area contributed by atoms with Crippen molar-refractivity contribution in [2.45, 2.75) is 300 Å². The molecule has 0 heterocycles. The van der Waals surface area contributed by atoms with Crippen LogP contribution in [0.5, 0.6) is 0 Å². The summed E-state index contributed by atoms with van der Waals surface area (Å²) >= 11 is 0. The zero-order valence-corrected chi connectivity index (χ0v) is 44.2. The predicted molar refractivity (Wildman–Crippen MR) is 278 cm³/mol. The van der Waals surface area contributed by atoms with Crippen molar-refractivity contribution in [1.29, 1.82) is 0 Å². The van der Waals surface area contributed by atoms with Crippen molar-refractivity contribution in [1.82, 2.24) is 0 Å². The molecule has 0 aromatic heterocycles. The van der Waals surface area contributed by atoms with Crippen LogP contribution in [0.15, 0.2) is 24.3 Å². The standard InChI is InChI=1S/C18H26.C15H28.2C10H20.C9H18/c1-3-18(17(2)11-7-4-8-12-17)13-15-9-5-6-10-16(15)14-18;1-3-15(12-8-5-9-13-15)14(2)10-6-4-7-11-14;1-3-6-10-8-5-4-7-9(10)2;1-3-9-7-5-6-8-10(9)4-2;1-3-8-6-5-7-9(8)4-2/h5-6,9-10H,3-4,7-8,11-14H2,1-2H3;3-13H2,1-2H3;2*9-10H,3-8H2,1-2H3;8-9H,3-7H2,1-2H3. The summed E-state index contributed by atoms with van der Waals surface area (Å²) in [6.45, 7) is 24.2. The summed E-state index contributed by atoms with van der Waals surface area (Å²) < 4.78 is 0. The van der Waals surface area contributed by atoms with Gasteiger partial charge in [0.1, 0.15) is 0 Å². The Hall–Kier alpha value is -0.780. The highest BCUT2D eigenvalue weighted by molar-refractivity contribution is 5.35. The second-order valence-electron chi connectivity index (χ2n) is 23.9. The van der Waals surface area contributed by atoms with E-state index in [2.05, 4.69) is 93.5 Å². The average Bonchev–Trinajstić information content (AvgIpc) is 3.97. The first-order valence-electron chi connectivity index (χ1n) is 29.1. The summed E-state index contributed by atoms with van der Waals surface area (Å²) in [7, 11) is 0. The second kappa shape index (κ2) is 27.8. The van der Waals surface area contributed by atoms with Crippen molar-refractivity contribution >= 4 is 0 Å². The van der Waals surface area contributed by atoms with Crippen molar-refractivity contribution in [2.75, 3.05) is 0 Å². The highest BCUT2D eigenvalue weighted by Crippen LogP contribution is 2.59. The van der Waals surface area contributed by atoms with Crippen LogP contribution in [0.25, 0.3) is 0 Å². The molecule has 0 saturated heterocycles. The molecule has 8 rings (SSSR count). The van der Waals surface area contributed by atoms with Crippen LogP contribution in [-0.4, -0.2) is 0 Å². The minimum Gasteiger partial charge on any atom is -0.0654 e. The zero-order valence-electron chi connectivity index (χ0n) is 44.2. The molecule has 0 spiro atoms. The maximum absolute atomic E-state index is 2.61. The summed E-state index contributed by atoms with van der Waals surface area (Å²) in [6.07, 6.45) is 52.8. The van der Waals surface area contributed by atoms with E-state index in [0.717, 1.165) is 40.9 Å². The van der Waals surface area contributed by atoms with E-state index in [1.54, 1.807) is 11.1 Å². The first-order chi connectivity index (χ1) is 30.0. The van der Waals surface area contributed by atoms with E-state index < -0.39 is 0 Å². The molecule has 6 atom stereocenters. The van der Waals surface area contributed by atoms with Gasteiger partial charge in [0.2, 0.25) is 0 Å². The van der Waals surface area contributed by atoms with E-state index in [1.807, 2.05) is 0 Å².